The van der Waals surface area contributed by atoms with Crippen LogP contribution >= 0.6 is 12.2 Å². The van der Waals surface area contributed by atoms with Gasteiger partial charge in [-0.15, -0.1) is 0 Å². The highest BCUT2D eigenvalue weighted by atomic mass is 32.1. The minimum atomic E-state index is 0.735. The fourth-order valence-electron chi connectivity index (χ4n) is 1.56. The van der Waals surface area contributed by atoms with E-state index in [1.54, 1.807) is 12.5 Å². The molecule has 0 saturated heterocycles. The standard InChI is InChI=1S/C12H12N2S/c1-8-3-4-9(2)10(5-8)11-6-13-7-14-12(11)15/h3-7H,1-2H3,(H,13,14,15). The second-order valence-electron chi connectivity index (χ2n) is 3.61. The average molecular weight is 216 g/mol. The van der Waals surface area contributed by atoms with E-state index in [1.807, 2.05) is 0 Å². The molecule has 1 N–H and O–H groups in total. The maximum atomic E-state index is 5.24. The van der Waals surface area contributed by atoms with Gasteiger partial charge < -0.3 is 4.98 Å². The van der Waals surface area contributed by atoms with E-state index >= 15 is 0 Å². The number of aromatic nitrogens is 2. The topological polar surface area (TPSA) is 28.7 Å². The third-order valence-electron chi connectivity index (χ3n) is 2.40. The molecule has 76 valence electrons. The fraction of sp³-hybridized carbons (Fsp3) is 0.167. The molecular weight excluding hydrogens is 204 g/mol. The zero-order valence-corrected chi connectivity index (χ0v) is 9.56. The molecule has 0 unspecified atom stereocenters. The number of benzene rings is 1. The predicted molar refractivity (Wildman–Crippen MR) is 64.3 cm³/mol. The Morgan fingerprint density at radius 1 is 1.20 bits per heavy atom. The Hall–Kier alpha value is -1.48. The van der Waals surface area contributed by atoms with Gasteiger partial charge in [-0.25, -0.2) is 4.98 Å². The normalized spacial score (nSPS) is 10.3. The van der Waals surface area contributed by atoms with Gasteiger partial charge in [-0.05, 0) is 25.0 Å². The van der Waals surface area contributed by atoms with Crippen molar-refractivity contribution in [3.8, 4) is 11.1 Å². The Morgan fingerprint density at radius 3 is 2.73 bits per heavy atom. The van der Waals surface area contributed by atoms with E-state index in [-0.39, 0.29) is 0 Å². The van der Waals surface area contributed by atoms with Gasteiger partial charge in [0, 0.05) is 11.8 Å². The van der Waals surface area contributed by atoms with Crippen molar-refractivity contribution in [1.82, 2.24) is 9.97 Å². The maximum absolute atomic E-state index is 5.24. The number of H-pyrrole nitrogens is 1. The summed E-state index contributed by atoms with van der Waals surface area (Å²) in [5, 5.41) is 0. The van der Waals surface area contributed by atoms with E-state index in [1.165, 1.54) is 11.1 Å². The van der Waals surface area contributed by atoms with Crippen LogP contribution in [0.2, 0.25) is 0 Å². The predicted octanol–water partition coefficient (Wildman–Crippen LogP) is 3.42. The van der Waals surface area contributed by atoms with Crippen LogP contribution in [0.1, 0.15) is 11.1 Å². The SMILES string of the molecule is Cc1ccc(C)c(-c2cnc[nH]c2=S)c1. The van der Waals surface area contributed by atoms with Crippen LogP contribution in [0, 0.1) is 18.5 Å². The van der Waals surface area contributed by atoms with Crippen LogP contribution in [-0.4, -0.2) is 9.97 Å². The molecule has 0 aliphatic carbocycles. The van der Waals surface area contributed by atoms with Crippen molar-refractivity contribution in [1.29, 1.82) is 0 Å². The van der Waals surface area contributed by atoms with Gasteiger partial charge in [0.2, 0.25) is 0 Å². The number of aromatic amines is 1. The lowest BCUT2D eigenvalue weighted by Crippen LogP contribution is -1.88. The first-order chi connectivity index (χ1) is 7.18. The minimum absolute atomic E-state index is 0.735. The number of nitrogens with one attached hydrogen (secondary N) is 1. The summed E-state index contributed by atoms with van der Waals surface area (Å²) >= 11 is 5.24. The number of aryl methyl sites for hydroxylation is 2. The third-order valence-corrected chi connectivity index (χ3v) is 2.74. The van der Waals surface area contributed by atoms with Crippen molar-refractivity contribution < 1.29 is 0 Å². The van der Waals surface area contributed by atoms with Crippen LogP contribution in [0.15, 0.2) is 30.7 Å². The van der Waals surface area contributed by atoms with Gasteiger partial charge >= 0.3 is 0 Å². The molecule has 2 rings (SSSR count). The highest BCUT2D eigenvalue weighted by Crippen LogP contribution is 2.23. The maximum Gasteiger partial charge on any atom is 0.113 e. The van der Waals surface area contributed by atoms with Gasteiger partial charge in [-0.2, -0.15) is 0 Å². The van der Waals surface area contributed by atoms with E-state index < -0.39 is 0 Å². The second-order valence-corrected chi connectivity index (χ2v) is 4.02. The zero-order valence-electron chi connectivity index (χ0n) is 8.74. The molecule has 3 heteroatoms. The van der Waals surface area contributed by atoms with E-state index in [4.69, 9.17) is 12.2 Å². The quantitative estimate of drug-likeness (QED) is 0.740. The fourth-order valence-corrected chi connectivity index (χ4v) is 1.78. The summed E-state index contributed by atoms with van der Waals surface area (Å²) in [6.07, 6.45) is 3.41. The first-order valence-electron chi connectivity index (χ1n) is 4.79. The molecule has 15 heavy (non-hydrogen) atoms. The molecule has 0 radical (unpaired) electrons. The lowest BCUT2D eigenvalue weighted by Gasteiger charge is -2.06. The molecule has 0 aliphatic heterocycles. The average Bonchev–Trinajstić information content (AvgIpc) is 2.23. The Balaban J connectivity index is 2.69. The molecule has 0 amide bonds. The Bertz CT molecular complexity index is 543. The minimum Gasteiger partial charge on any atom is -0.337 e. The first kappa shape index (κ1) is 10.1. The molecule has 1 aromatic heterocycles. The molecule has 0 saturated carbocycles. The van der Waals surface area contributed by atoms with Crippen LogP contribution in [0.3, 0.4) is 0 Å². The summed E-state index contributed by atoms with van der Waals surface area (Å²) < 4.78 is 0.735. The van der Waals surface area contributed by atoms with E-state index in [0.29, 0.717) is 0 Å². The number of hydrogen-bond donors (Lipinski definition) is 1. The molecule has 0 aliphatic rings. The zero-order chi connectivity index (χ0) is 10.8. The summed E-state index contributed by atoms with van der Waals surface area (Å²) in [4.78, 5) is 7.02. The van der Waals surface area contributed by atoms with E-state index in [0.717, 1.165) is 15.8 Å². The number of nitrogens with zero attached hydrogens (tertiary/aromatic N) is 1. The van der Waals surface area contributed by atoms with Crippen LogP contribution in [0.4, 0.5) is 0 Å². The Morgan fingerprint density at radius 2 is 2.00 bits per heavy atom. The van der Waals surface area contributed by atoms with E-state index in [9.17, 15) is 0 Å². The molecular formula is C12H12N2S. The summed E-state index contributed by atoms with van der Waals surface area (Å²) in [5.41, 5.74) is 4.60. The van der Waals surface area contributed by atoms with Gasteiger partial charge in [0.15, 0.2) is 0 Å². The summed E-state index contributed by atoms with van der Waals surface area (Å²) in [7, 11) is 0. The third kappa shape index (κ3) is 1.97. The van der Waals surface area contributed by atoms with Crippen LogP contribution < -0.4 is 0 Å². The first-order valence-corrected chi connectivity index (χ1v) is 5.19. The van der Waals surface area contributed by atoms with Gasteiger partial charge in [0.25, 0.3) is 0 Å². The lowest BCUT2D eigenvalue weighted by molar-refractivity contribution is 1.15. The molecule has 0 bridgehead atoms. The van der Waals surface area contributed by atoms with Crippen molar-refractivity contribution in [2.24, 2.45) is 0 Å². The van der Waals surface area contributed by atoms with Crippen molar-refractivity contribution in [2.45, 2.75) is 13.8 Å². The molecule has 0 atom stereocenters. The summed E-state index contributed by atoms with van der Waals surface area (Å²) in [5.74, 6) is 0. The van der Waals surface area contributed by atoms with Crippen LogP contribution in [0.25, 0.3) is 11.1 Å². The van der Waals surface area contributed by atoms with Gasteiger partial charge in [0.05, 0.1) is 6.33 Å². The molecule has 2 nitrogen and oxygen atoms in total. The Labute approximate surface area is 94.0 Å². The van der Waals surface area contributed by atoms with Gasteiger partial charge in [-0.1, -0.05) is 36.0 Å². The molecule has 0 fully saturated rings. The molecule has 1 aromatic carbocycles. The van der Waals surface area contributed by atoms with Crippen LogP contribution in [0.5, 0.6) is 0 Å². The lowest BCUT2D eigenvalue weighted by atomic mass is 10.0. The molecule has 2 aromatic rings. The molecule has 1 heterocycles. The van der Waals surface area contributed by atoms with Crippen molar-refractivity contribution in [3.05, 3.63) is 46.5 Å². The number of hydrogen-bond acceptors (Lipinski definition) is 2. The van der Waals surface area contributed by atoms with Crippen LogP contribution in [-0.2, 0) is 0 Å². The van der Waals surface area contributed by atoms with Gasteiger partial charge in [-0.3, -0.25) is 0 Å². The van der Waals surface area contributed by atoms with Crippen molar-refractivity contribution in [3.63, 3.8) is 0 Å². The second kappa shape index (κ2) is 3.95. The molecule has 0 spiro atoms. The largest absolute Gasteiger partial charge is 0.337 e. The van der Waals surface area contributed by atoms with Gasteiger partial charge in [0.1, 0.15) is 4.64 Å². The van der Waals surface area contributed by atoms with Crippen molar-refractivity contribution >= 4 is 12.2 Å². The van der Waals surface area contributed by atoms with Crippen molar-refractivity contribution in [2.75, 3.05) is 0 Å². The van der Waals surface area contributed by atoms with E-state index in [2.05, 4.69) is 42.0 Å². The highest BCUT2D eigenvalue weighted by Gasteiger charge is 2.03. The highest BCUT2D eigenvalue weighted by molar-refractivity contribution is 7.71. The Kier molecular flexibility index (Phi) is 2.64. The number of rotatable bonds is 1. The monoisotopic (exact) mass is 216 g/mol. The smallest absolute Gasteiger partial charge is 0.113 e. The summed E-state index contributed by atoms with van der Waals surface area (Å²) in [6, 6.07) is 6.34. The summed E-state index contributed by atoms with van der Waals surface area (Å²) in [6.45, 7) is 4.16.